The van der Waals surface area contributed by atoms with Crippen LogP contribution in [0.1, 0.15) is 51.5 Å². The molecule has 4 heteroatoms. The maximum atomic E-state index is 12.1. The first-order valence-electron chi connectivity index (χ1n) is 8.67. The lowest BCUT2D eigenvalue weighted by Crippen LogP contribution is -2.28. The Morgan fingerprint density at radius 3 is 2.65 bits per heavy atom. The van der Waals surface area contributed by atoms with Crippen molar-refractivity contribution in [3.05, 3.63) is 23.8 Å². The van der Waals surface area contributed by atoms with Crippen molar-refractivity contribution >= 4 is 5.91 Å². The van der Waals surface area contributed by atoms with Gasteiger partial charge in [-0.1, -0.05) is 32.8 Å². The summed E-state index contributed by atoms with van der Waals surface area (Å²) in [5, 5.41) is 3.03. The van der Waals surface area contributed by atoms with E-state index >= 15 is 0 Å². The highest BCUT2D eigenvalue weighted by atomic mass is 16.5. The van der Waals surface area contributed by atoms with E-state index in [0.717, 1.165) is 36.3 Å². The molecule has 4 nitrogen and oxygen atoms in total. The van der Waals surface area contributed by atoms with Crippen LogP contribution in [0.2, 0.25) is 0 Å². The minimum atomic E-state index is 0.179. The summed E-state index contributed by atoms with van der Waals surface area (Å²) in [7, 11) is 1.64. The summed E-state index contributed by atoms with van der Waals surface area (Å²) in [4.78, 5) is 12.1. The summed E-state index contributed by atoms with van der Waals surface area (Å²) >= 11 is 0. The van der Waals surface area contributed by atoms with Crippen molar-refractivity contribution < 1.29 is 14.3 Å². The van der Waals surface area contributed by atoms with Gasteiger partial charge in [-0.25, -0.2) is 0 Å². The van der Waals surface area contributed by atoms with Gasteiger partial charge < -0.3 is 14.8 Å². The van der Waals surface area contributed by atoms with Crippen LogP contribution in [0.3, 0.4) is 0 Å². The largest absolute Gasteiger partial charge is 0.493 e. The first-order valence-corrected chi connectivity index (χ1v) is 8.67. The van der Waals surface area contributed by atoms with E-state index in [1.54, 1.807) is 7.11 Å². The molecule has 0 spiro atoms. The predicted octanol–water partition coefficient (Wildman–Crippen LogP) is 3.93. The van der Waals surface area contributed by atoms with Crippen LogP contribution in [-0.4, -0.2) is 19.6 Å². The molecule has 1 aromatic rings. The molecule has 1 fully saturated rings. The number of hydrogen-bond donors (Lipinski definition) is 1. The van der Waals surface area contributed by atoms with Crippen LogP contribution in [0, 0.1) is 11.8 Å². The van der Waals surface area contributed by atoms with E-state index in [1.165, 1.54) is 12.8 Å². The SMILES string of the molecule is COc1cc(CNC(=O)C2CCCC2)ccc1OCCC(C)C. The minimum Gasteiger partial charge on any atom is -0.493 e. The van der Waals surface area contributed by atoms with Gasteiger partial charge in [-0.05, 0) is 42.9 Å². The van der Waals surface area contributed by atoms with Crippen molar-refractivity contribution in [3.63, 3.8) is 0 Å². The molecule has 1 aliphatic rings. The van der Waals surface area contributed by atoms with Crippen LogP contribution >= 0.6 is 0 Å². The average molecular weight is 319 g/mol. The number of amides is 1. The number of methoxy groups -OCH3 is 1. The second-order valence-corrected chi connectivity index (χ2v) is 6.72. The molecule has 1 saturated carbocycles. The molecular weight excluding hydrogens is 290 g/mol. The highest BCUT2D eigenvalue weighted by Gasteiger charge is 2.22. The van der Waals surface area contributed by atoms with E-state index in [1.807, 2.05) is 18.2 Å². The van der Waals surface area contributed by atoms with E-state index < -0.39 is 0 Å². The fourth-order valence-corrected chi connectivity index (χ4v) is 2.87. The smallest absolute Gasteiger partial charge is 0.223 e. The Morgan fingerprint density at radius 1 is 1.26 bits per heavy atom. The summed E-state index contributed by atoms with van der Waals surface area (Å²) in [6.45, 7) is 5.58. The van der Waals surface area contributed by atoms with Gasteiger partial charge in [0.1, 0.15) is 0 Å². The lowest BCUT2D eigenvalue weighted by atomic mass is 10.1. The van der Waals surface area contributed by atoms with Gasteiger partial charge in [0.05, 0.1) is 13.7 Å². The summed E-state index contributed by atoms with van der Waals surface area (Å²) < 4.78 is 11.2. The lowest BCUT2D eigenvalue weighted by molar-refractivity contribution is -0.124. The Morgan fingerprint density at radius 2 is 2.00 bits per heavy atom. The molecule has 0 unspecified atom stereocenters. The molecule has 1 amide bonds. The average Bonchev–Trinajstić information content (AvgIpc) is 3.07. The molecule has 0 heterocycles. The summed E-state index contributed by atoms with van der Waals surface area (Å²) in [5.41, 5.74) is 1.03. The number of rotatable bonds is 8. The van der Waals surface area contributed by atoms with Gasteiger partial charge in [0.2, 0.25) is 5.91 Å². The summed E-state index contributed by atoms with van der Waals surface area (Å²) in [6, 6.07) is 5.86. The van der Waals surface area contributed by atoms with Crippen molar-refractivity contribution in [1.82, 2.24) is 5.32 Å². The van der Waals surface area contributed by atoms with Crippen LogP contribution in [-0.2, 0) is 11.3 Å². The first-order chi connectivity index (χ1) is 11.1. The molecule has 0 saturated heterocycles. The van der Waals surface area contributed by atoms with Crippen molar-refractivity contribution in [2.24, 2.45) is 11.8 Å². The molecular formula is C19H29NO3. The number of benzene rings is 1. The molecule has 0 bridgehead atoms. The number of hydrogen-bond acceptors (Lipinski definition) is 3. The quantitative estimate of drug-likeness (QED) is 0.790. The summed E-state index contributed by atoms with van der Waals surface area (Å²) in [5.74, 6) is 2.49. The van der Waals surface area contributed by atoms with E-state index in [9.17, 15) is 4.79 Å². The Balaban J connectivity index is 1.88. The number of carbonyl (C=O) groups excluding carboxylic acids is 1. The fourth-order valence-electron chi connectivity index (χ4n) is 2.87. The Bertz CT molecular complexity index is 507. The molecule has 1 N–H and O–H groups in total. The summed E-state index contributed by atoms with van der Waals surface area (Å²) in [6.07, 6.45) is 5.42. The molecule has 2 rings (SSSR count). The van der Waals surface area contributed by atoms with E-state index in [2.05, 4.69) is 19.2 Å². The third-order valence-electron chi connectivity index (χ3n) is 4.37. The van der Waals surface area contributed by atoms with E-state index in [-0.39, 0.29) is 11.8 Å². The lowest BCUT2D eigenvalue weighted by Gasteiger charge is -2.14. The highest BCUT2D eigenvalue weighted by molar-refractivity contribution is 5.78. The van der Waals surface area contributed by atoms with Crippen LogP contribution in [0.4, 0.5) is 0 Å². The van der Waals surface area contributed by atoms with Crippen LogP contribution in [0.25, 0.3) is 0 Å². The monoisotopic (exact) mass is 319 g/mol. The molecule has 128 valence electrons. The topological polar surface area (TPSA) is 47.6 Å². The highest BCUT2D eigenvalue weighted by Crippen LogP contribution is 2.29. The number of ether oxygens (including phenoxy) is 2. The Hall–Kier alpha value is -1.71. The Labute approximate surface area is 139 Å². The standard InChI is InChI=1S/C19H29NO3/c1-14(2)10-11-23-17-9-8-15(12-18(17)22-3)13-20-19(21)16-6-4-5-7-16/h8-9,12,14,16H,4-7,10-11,13H2,1-3H3,(H,20,21). The van der Waals surface area contributed by atoms with Gasteiger partial charge >= 0.3 is 0 Å². The van der Waals surface area contributed by atoms with Gasteiger partial charge in [0.25, 0.3) is 0 Å². The molecule has 0 atom stereocenters. The third-order valence-corrected chi connectivity index (χ3v) is 4.37. The van der Waals surface area contributed by atoms with Gasteiger partial charge in [0.15, 0.2) is 11.5 Å². The molecule has 0 aromatic heterocycles. The van der Waals surface area contributed by atoms with E-state index in [4.69, 9.17) is 9.47 Å². The molecule has 0 aliphatic heterocycles. The molecule has 0 radical (unpaired) electrons. The van der Waals surface area contributed by atoms with Gasteiger partial charge in [-0.3, -0.25) is 4.79 Å². The zero-order valence-electron chi connectivity index (χ0n) is 14.6. The fraction of sp³-hybridized carbons (Fsp3) is 0.632. The van der Waals surface area contributed by atoms with Gasteiger partial charge in [-0.15, -0.1) is 0 Å². The first kappa shape index (κ1) is 17.6. The second-order valence-electron chi connectivity index (χ2n) is 6.72. The number of nitrogens with one attached hydrogen (secondary N) is 1. The van der Waals surface area contributed by atoms with E-state index in [0.29, 0.717) is 19.1 Å². The Kier molecular flexibility index (Phi) is 6.75. The zero-order chi connectivity index (χ0) is 16.7. The maximum Gasteiger partial charge on any atom is 0.223 e. The number of carbonyl (C=O) groups is 1. The zero-order valence-corrected chi connectivity index (χ0v) is 14.6. The minimum absolute atomic E-state index is 0.179. The van der Waals surface area contributed by atoms with Gasteiger partial charge in [-0.2, -0.15) is 0 Å². The van der Waals surface area contributed by atoms with Crippen LogP contribution in [0.5, 0.6) is 11.5 Å². The van der Waals surface area contributed by atoms with Crippen LogP contribution in [0.15, 0.2) is 18.2 Å². The van der Waals surface area contributed by atoms with Crippen molar-refractivity contribution in [1.29, 1.82) is 0 Å². The van der Waals surface area contributed by atoms with Crippen LogP contribution < -0.4 is 14.8 Å². The maximum absolute atomic E-state index is 12.1. The molecule has 23 heavy (non-hydrogen) atoms. The molecule has 1 aliphatic carbocycles. The normalized spacial score (nSPS) is 15.0. The second kappa shape index (κ2) is 8.80. The third kappa shape index (κ3) is 5.45. The predicted molar refractivity (Wildman–Crippen MR) is 91.7 cm³/mol. The van der Waals surface area contributed by atoms with Crippen molar-refractivity contribution in [3.8, 4) is 11.5 Å². The molecule has 1 aromatic carbocycles. The van der Waals surface area contributed by atoms with Crippen molar-refractivity contribution in [2.75, 3.05) is 13.7 Å². The van der Waals surface area contributed by atoms with Gasteiger partial charge in [0, 0.05) is 12.5 Å². The van der Waals surface area contributed by atoms with Crippen molar-refractivity contribution in [2.45, 2.75) is 52.5 Å².